The summed E-state index contributed by atoms with van der Waals surface area (Å²) in [5.41, 5.74) is 11.4. The van der Waals surface area contributed by atoms with Gasteiger partial charge in [0.15, 0.2) is 21.3 Å². The van der Waals surface area contributed by atoms with Crippen LogP contribution in [-0.2, 0) is 55.3 Å². The molecule has 15 nitrogen and oxygen atoms in total. The number of halogens is 1. The highest BCUT2D eigenvalue weighted by molar-refractivity contribution is 8.13. The highest BCUT2D eigenvalue weighted by Gasteiger charge is 2.19. The van der Waals surface area contributed by atoms with Gasteiger partial charge in [0.2, 0.25) is 10.0 Å². The van der Waals surface area contributed by atoms with Gasteiger partial charge in [0.1, 0.15) is 0 Å². The highest BCUT2D eigenvalue weighted by atomic mass is 35.7. The van der Waals surface area contributed by atoms with Gasteiger partial charge in [0, 0.05) is 36.4 Å². The predicted molar refractivity (Wildman–Crippen MR) is 179 cm³/mol. The minimum absolute atomic E-state index is 0.0511. The van der Waals surface area contributed by atoms with E-state index in [0.717, 1.165) is 0 Å². The molecule has 0 atom stereocenters. The second kappa shape index (κ2) is 20.6. The van der Waals surface area contributed by atoms with Crippen LogP contribution in [0.25, 0.3) is 0 Å². The number of ether oxygens (including phenoxy) is 2. The number of aliphatic hydroxyl groups is 4. The van der Waals surface area contributed by atoms with Gasteiger partial charge in [0.05, 0.1) is 61.1 Å². The van der Waals surface area contributed by atoms with Gasteiger partial charge in [-0.1, -0.05) is 12.1 Å². The summed E-state index contributed by atoms with van der Waals surface area (Å²) in [7, 11) is -3.37. The van der Waals surface area contributed by atoms with E-state index in [2.05, 4.69) is 4.72 Å². The second-order valence-corrected chi connectivity index (χ2v) is 16.0. The molecular formula is C29H42ClN3O12S3. The number of nitrogens with two attached hydrogens (primary N) is 2. The second-order valence-electron chi connectivity index (χ2n) is 9.60. The number of sulfonamides is 1. The van der Waals surface area contributed by atoms with Crippen molar-refractivity contribution < 1.29 is 55.2 Å². The molecule has 0 aliphatic carbocycles. The van der Waals surface area contributed by atoms with Crippen molar-refractivity contribution in [1.29, 1.82) is 0 Å². The standard InChI is InChI=1S/C19H25NO8S2.C8H9ClO4S.C2H8N2/c1-27-18-7-6-16(11-19(18)28-2)29(23,24)9-3-8-20-30(25,26)17-5-4-14(12-21)15(10-17)13-22;9-14(12,13)8-2-1-6(4-10)7(3-8)5-11;3-1-2-4/h4-7,10-11,20-22H,3,8-9,12-13H2,1-2H3;1-3,10-11H,4-5H2;1-4H2. The molecule has 0 saturated heterocycles. The van der Waals surface area contributed by atoms with Crippen molar-refractivity contribution in [3.05, 3.63) is 76.9 Å². The van der Waals surface area contributed by atoms with E-state index in [4.69, 9.17) is 41.8 Å². The molecule has 0 saturated carbocycles. The summed E-state index contributed by atoms with van der Waals surface area (Å²) >= 11 is 0. The van der Waals surface area contributed by atoms with Crippen LogP contribution < -0.4 is 25.7 Å². The maximum atomic E-state index is 12.5. The van der Waals surface area contributed by atoms with Gasteiger partial charge in [-0.2, -0.15) is 0 Å². The van der Waals surface area contributed by atoms with Crippen LogP contribution in [0.4, 0.5) is 0 Å². The molecule has 48 heavy (non-hydrogen) atoms. The van der Waals surface area contributed by atoms with Crippen LogP contribution in [-0.4, -0.2) is 85.3 Å². The molecule has 9 N–H and O–H groups in total. The molecule has 0 bridgehead atoms. The van der Waals surface area contributed by atoms with E-state index >= 15 is 0 Å². The largest absolute Gasteiger partial charge is 0.493 e. The van der Waals surface area contributed by atoms with E-state index in [0.29, 0.717) is 41.1 Å². The van der Waals surface area contributed by atoms with Crippen molar-refractivity contribution in [3.63, 3.8) is 0 Å². The van der Waals surface area contributed by atoms with Crippen molar-refractivity contribution in [3.8, 4) is 11.5 Å². The van der Waals surface area contributed by atoms with Crippen molar-refractivity contribution in [2.75, 3.05) is 39.6 Å². The van der Waals surface area contributed by atoms with Crippen LogP contribution in [0.3, 0.4) is 0 Å². The lowest BCUT2D eigenvalue weighted by Crippen LogP contribution is -2.26. The lowest BCUT2D eigenvalue weighted by atomic mass is 10.1. The Kier molecular flexibility index (Phi) is 18.5. The van der Waals surface area contributed by atoms with Gasteiger partial charge in [0.25, 0.3) is 9.05 Å². The molecule has 0 radical (unpaired) electrons. The summed E-state index contributed by atoms with van der Waals surface area (Å²) in [6.45, 7) is -0.222. The van der Waals surface area contributed by atoms with Crippen molar-refractivity contribution in [2.24, 2.45) is 11.5 Å². The molecule has 3 aromatic carbocycles. The molecule has 0 heterocycles. The van der Waals surface area contributed by atoms with Gasteiger partial charge in [-0.05, 0) is 65.1 Å². The number of rotatable bonds is 15. The molecule has 0 aliphatic rings. The average Bonchev–Trinajstić information content (AvgIpc) is 3.08. The maximum absolute atomic E-state index is 12.5. The highest BCUT2D eigenvalue weighted by Crippen LogP contribution is 2.30. The molecule has 0 spiro atoms. The topological polar surface area (TPSA) is 266 Å². The minimum Gasteiger partial charge on any atom is -0.493 e. The Morgan fingerprint density at radius 3 is 1.54 bits per heavy atom. The lowest BCUT2D eigenvalue weighted by Gasteiger charge is -2.11. The summed E-state index contributed by atoms with van der Waals surface area (Å²) in [6.07, 6.45) is 0.0531. The van der Waals surface area contributed by atoms with E-state index in [1.165, 1.54) is 68.8 Å². The number of methoxy groups -OCH3 is 2. The zero-order valence-electron chi connectivity index (χ0n) is 26.4. The number of hydrogen-bond acceptors (Lipinski definition) is 14. The third kappa shape index (κ3) is 13.2. The van der Waals surface area contributed by atoms with Crippen LogP contribution in [0.2, 0.25) is 0 Å². The van der Waals surface area contributed by atoms with Crippen LogP contribution in [0.5, 0.6) is 11.5 Å². The number of benzene rings is 3. The average molecular weight is 756 g/mol. The Balaban J connectivity index is 0.000000529. The third-order valence-electron chi connectivity index (χ3n) is 6.39. The molecule has 0 aliphatic heterocycles. The van der Waals surface area contributed by atoms with Gasteiger partial charge in [-0.25, -0.2) is 30.0 Å². The Morgan fingerprint density at radius 2 is 1.10 bits per heavy atom. The van der Waals surface area contributed by atoms with Crippen LogP contribution in [0.15, 0.2) is 69.3 Å². The molecule has 0 amide bonds. The summed E-state index contributed by atoms with van der Waals surface area (Å²) < 4.78 is 84.3. The smallest absolute Gasteiger partial charge is 0.261 e. The number of aliphatic hydroxyl groups excluding tert-OH is 4. The zero-order chi connectivity index (χ0) is 36.5. The fourth-order valence-corrected chi connectivity index (χ4v) is 7.05. The molecule has 3 rings (SSSR count). The molecule has 19 heteroatoms. The fourth-order valence-electron chi connectivity index (χ4n) is 3.81. The lowest BCUT2D eigenvalue weighted by molar-refractivity contribution is 0.259. The maximum Gasteiger partial charge on any atom is 0.261 e. The van der Waals surface area contributed by atoms with E-state index in [1.807, 2.05) is 0 Å². The molecule has 270 valence electrons. The first-order valence-electron chi connectivity index (χ1n) is 14.0. The molecule has 0 unspecified atom stereocenters. The monoisotopic (exact) mass is 755 g/mol. The van der Waals surface area contributed by atoms with Gasteiger partial charge < -0.3 is 41.4 Å². The van der Waals surface area contributed by atoms with E-state index < -0.39 is 35.5 Å². The summed E-state index contributed by atoms with van der Waals surface area (Å²) in [6, 6.07) is 12.2. The summed E-state index contributed by atoms with van der Waals surface area (Å²) in [4.78, 5) is -0.109. The molecule has 0 fully saturated rings. The molecule has 0 aromatic heterocycles. The first kappa shape index (κ1) is 43.1. The first-order valence-corrected chi connectivity index (χ1v) is 19.5. The first-order chi connectivity index (χ1) is 22.6. The van der Waals surface area contributed by atoms with Crippen LogP contribution in [0.1, 0.15) is 28.7 Å². The van der Waals surface area contributed by atoms with Crippen molar-refractivity contribution in [1.82, 2.24) is 4.72 Å². The summed E-state index contributed by atoms with van der Waals surface area (Å²) in [5, 5.41) is 36.3. The Bertz CT molecular complexity index is 1700. The summed E-state index contributed by atoms with van der Waals surface area (Å²) in [5.74, 6) is 0.417. The van der Waals surface area contributed by atoms with Crippen molar-refractivity contribution in [2.45, 2.75) is 47.5 Å². The number of nitrogens with one attached hydrogen (secondary N) is 1. The fraction of sp³-hybridized carbons (Fsp3) is 0.379. The van der Waals surface area contributed by atoms with Gasteiger partial charge in [-0.3, -0.25) is 0 Å². The van der Waals surface area contributed by atoms with Crippen LogP contribution in [0, 0.1) is 0 Å². The predicted octanol–water partition coefficient (Wildman–Crippen LogP) is 0.333. The Morgan fingerprint density at radius 1 is 0.646 bits per heavy atom. The quantitative estimate of drug-likeness (QED) is 0.0815. The van der Waals surface area contributed by atoms with E-state index in [-0.39, 0.29) is 59.0 Å². The minimum atomic E-state index is -3.89. The van der Waals surface area contributed by atoms with Gasteiger partial charge >= 0.3 is 0 Å². The zero-order valence-corrected chi connectivity index (χ0v) is 29.6. The third-order valence-corrected chi connectivity index (χ3v) is 11.0. The molecule has 3 aromatic rings. The van der Waals surface area contributed by atoms with E-state index in [9.17, 15) is 35.5 Å². The Hall–Kier alpha value is -2.88. The number of hydrogen-bond donors (Lipinski definition) is 7. The van der Waals surface area contributed by atoms with Crippen molar-refractivity contribution >= 4 is 39.6 Å². The Labute approximate surface area is 285 Å². The number of sulfone groups is 1. The normalized spacial score (nSPS) is 11.5. The molecular weight excluding hydrogens is 714 g/mol. The van der Waals surface area contributed by atoms with Gasteiger partial charge in [-0.15, -0.1) is 0 Å². The van der Waals surface area contributed by atoms with E-state index in [1.54, 1.807) is 0 Å². The SMILES string of the molecule is COc1ccc(S(=O)(=O)CCCNS(=O)(=O)c2ccc(CO)c(CO)c2)cc1OC.NCCN.O=S(=O)(Cl)c1ccc(CO)c(CO)c1. The van der Waals surface area contributed by atoms with Crippen LogP contribution >= 0.6 is 10.7 Å².